The first-order valence-electron chi connectivity index (χ1n) is 6.89. The van der Waals surface area contributed by atoms with Gasteiger partial charge < -0.3 is 24.3 Å². The maximum atomic E-state index is 9.94. The third-order valence-electron chi connectivity index (χ3n) is 2.14. The average Bonchev–Trinajstić information content (AvgIpc) is 2.43. The summed E-state index contributed by atoms with van der Waals surface area (Å²) in [6, 6.07) is 0. The van der Waals surface area contributed by atoms with E-state index in [1.54, 1.807) is 0 Å². The zero-order valence-electron chi connectivity index (χ0n) is 12.4. The van der Waals surface area contributed by atoms with E-state index in [1.807, 2.05) is 6.92 Å². The van der Waals surface area contributed by atoms with Crippen LogP contribution in [0.4, 0.5) is 0 Å². The summed E-state index contributed by atoms with van der Waals surface area (Å²) in [5.74, 6) is 0. The SMILES string of the molecule is C=C(C)COCCOCCCOCCOCCNC=O. The highest BCUT2D eigenvalue weighted by Crippen LogP contribution is 1.89. The minimum atomic E-state index is 0.509. The van der Waals surface area contributed by atoms with Crippen molar-refractivity contribution in [1.29, 1.82) is 0 Å². The lowest BCUT2D eigenvalue weighted by atomic mass is 10.4. The predicted octanol–water partition coefficient (Wildman–Crippen LogP) is 0.765. The second-order valence-electron chi connectivity index (χ2n) is 4.27. The van der Waals surface area contributed by atoms with E-state index in [0.29, 0.717) is 65.8 Å². The standard InChI is InChI=1S/C14H27NO5/c1-14(2)12-20-11-10-18-6-3-5-17-8-9-19-7-4-15-13-16/h13H,1,3-12H2,2H3,(H,15,16). The van der Waals surface area contributed by atoms with Gasteiger partial charge in [0.15, 0.2) is 0 Å². The van der Waals surface area contributed by atoms with Crippen molar-refractivity contribution in [2.75, 3.05) is 59.4 Å². The Balaban J connectivity index is 2.95. The Bertz CT molecular complexity index is 236. The molecule has 0 aliphatic carbocycles. The summed E-state index contributed by atoms with van der Waals surface area (Å²) in [7, 11) is 0. The number of carbonyl (C=O) groups excluding carboxylic acids is 1. The molecular formula is C14H27NO5. The maximum absolute atomic E-state index is 9.94. The van der Waals surface area contributed by atoms with Crippen LogP contribution >= 0.6 is 0 Å². The fraction of sp³-hybridized carbons (Fsp3) is 0.786. The van der Waals surface area contributed by atoms with E-state index in [1.165, 1.54) is 0 Å². The molecule has 0 aliphatic heterocycles. The third-order valence-corrected chi connectivity index (χ3v) is 2.14. The second-order valence-corrected chi connectivity index (χ2v) is 4.27. The van der Waals surface area contributed by atoms with E-state index in [9.17, 15) is 4.79 Å². The van der Waals surface area contributed by atoms with Gasteiger partial charge >= 0.3 is 0 Å². The number of nitrogens with one attached hydrogen (secondary N) is 1. The van der Waals surface area contributed by atoms with Crippen LogP contribution in [-0.4, -0.2) is 65.8 Å². The Labute approximate surface area is 121 Å². The van der Waals surface area contributed by atoms with Crippen LogP contribution in [-0.2, 0) is 23.7 Å². The molecule has 0 fully saturated rings. The van der Waals surface area contributed by atoms with Gasteiger partial charge in [-0.2, -0.15) is 0 Å². The zero-order chi connectivity index (χ0) is 14.9. The molecule has 0 unspecified atom stereocenters. The molecule has 6 nitrogen and oxygen atoms in total. The van der Waals surface area contributed by atoms with E-state index in [-0.39, 0.29) is 0 Å². The smallest absolute Gasteiger partial charge is 0.207 e. The van der Waals surface area contributed by atoms with E-state index in [2.05, 4.69) is 11.9 Å². The summed E-state index contributed by atoms with van der Waals surface area (Å²) in [4.78, 5) is 9.94. The molecule has 0 radical (unpaired) electrons. The highest BCUT2D eigenvalue weighted by Gasteiger charge is 1.93. The third kappa shape index (κ3) is 17.1. The first-order valence-corrected chi connectivity index (χ1v) is 6.89. The molecule has 0 bridgehead atoms. The molecular weight excluding hydrogens is 262 g/mol. The first kappa shape index (κ1) is 19.1. The van der Waals surface area contributed by atoms with E-state index in [0.717, 1.165) is 12.0 Å². The largest absolute Gasteiger partial charge is 0.379 e. The Morgan fingerprint density at radius 3 is 2.05 bits per heavy atom. The van der Waals surface area contributed by atoms with Crippen LogP contribution in [0.5, 0.6) is 0 Å². The van der Waals surface area contributed by atoms with Crippen molar-refractivity contribution < 1.29 is 23.7 Å². The van der Waals surface area contributed by atoms with Crippen LogP contribution < -0.4 is 5.32 Å². The Hall–Kier alpha value is -0.950. The average molecular weight is 289 g/mol. The van der Waals surface area contributed by atoms with Crippen LogP contribution in [0.25, 0.3) is 0 Å². The molecule has 0 aliphatic rings. The van der Waals surface area contributed by atoms with Gasteiger partial charge in [-0.25, -0.2) is 0 Å². The molecule has 118 valence electrons. The monoisotopic (exact) mass is 289 g/mol. The summed E-state index contributed by atoms with van der Waals surface area (Å²) in [6.07, 6.45) is 1.51. The molecule has 0 atom stereocenters. The van der Waals surface area contributed by atoms with E-state index in [4.69, 9.17) is 18.9 Å². The fourth-order valence-electron chi connectivity index (χ4n) is 1.24. The lowest BCUT2D eigenvalue weighted by Crippen LogP contribution is -2.18. The van der Waals surface area contributed by atoms with Crippen molar-refractivity contribution in [1.82, 2.24) is 5.32 Å². The number of amides is 1. The van der Waals surface area contributed by atoms with Crippen LogP contribution in [0, 0.1) is 0 Å². The van der Waals surface area contributed by atoms with Gasteiger partial charge in [0.1, 0.15) is 0 Å². The van der Waals surface area contributed by atoms with Gasteiger partial charge in [-0.3, -0.25) is 4.79 Å². The lowest BCUT2D eigenvalue weighted by molar-refractivity contribution is -0.109. The highest BCUT2D eigenvalue weighted by atomic mass is 16.5. The number of ether oxygens (including phenoxy) is 4. The minimum absolute atomic E-state index is 0.509. The molecule has 6 heteroatoms. The quantitative estimate of drug-likeness (QED) is 0.258. The fourth-order valence-corrected chi connectivity index (χ4v) is 1.24. The summed E-state index contributed by atoms with van der Waals surface area (Å²) in [5, 5.41) is 2.52. The van der Waals surface area contributed by atoms with Crippen molar-refractivity contribution >= 4 is 6.41 Å². The van der Waals surface area contributed by atoms with Crippen molar-refractivity contribution in [3.63, 3.8) is 0 Å². The molecule has 0 aromatic heterocycles. The topological polar surface area (TPSA) is 66.0 Å². The van der Waals surface area contributed by atoms with Gasteiger partial charge in [0.2, 0.25) is 6.41 Å². The number of rotatable bonds is 16. The Morgan fingerprint density at radius 2 is 1.50 bits per heavy atom. The summed E-state index contributed by atoms with van der Waals surface area (Å²) < 4.78 is 21.3. The van der Waals surface area contributed by atoms with Gasteiger partial charge in [-0.05, 0) is 13.3 Å². The molecule has 0 aromatic carbocycles. The molecule has 0 spiro atoms. The van der Waals surface area contributed by atoms with Gasteiger partial charge in [-0.1, -0.05) is 12.2 Å². The molecule has 20 heavy (non-hydrogen) atoms. The normalized spacial score (nSPS) is 10.4. The zero-order valence-corrected chi connectivity index (χ0v) is 12.4. The number of carbonyl (C=O) groups is 1. The van der Waals surface area contributed by atoms with E-state index >= 15 is 0 Å². The van der Waals surface area contributed by atoms with Crippen molar-refractivity contribution in [2.45, 2.75) is 13.3 Å². The maximum Gasteiger partial charge on any atom is 0.207 e. The van der Waals surface area contributed by atoms with Crippen LogP contribution in [0.15, 0.2) is 12.2 Å². The van der Waals surface area contributed by atoms with Crippen molar-refractivity contribution in [2.24, 2.45) is 0 Å². The summed E-state index contributed by atoms with van der Waals surface area (Å²) in [5.41, 5.74) is 1.02. The highest BCUT2D eigenvalue weighted by molar-refractivity contribution is 5.45. The lowest BCUT2D eigenvalue weighted by Gasteiger charge is -2.07. The number of hydrogen-bond donors (Lipinski definition) is 1. The molecule has 1 N–H and O–H groups in total. The van der Waals surface area contributed by atoms with E-state index < -0.39 is 0 Å². The predicted molar refractivity (Wildman–Crippen MR) is 76.8 cm³/mol. The van der Waals surface area contributed by atoms with Gasteiger partial charge in [0.05, 0.1) is 39.6 Å². The molecule has 0 saturated heterocycles. The minimum Gasteiger partial charge on any atom is -0.379 e. The first-order chi connectivity index (χ1) is 9.77. The number of hydrogen-bond acceptors (Lipinski definition) is 5. The van der Waals surface area contributed by atoms with Gasteiger partial charge in [-0.15, -0.1) is 0 Å². The van der Waals surface area contributed by atoms with Crippen LogP contribution in [0.3, 0.4) is 0 Å². The van der Waals surface area contributed by atoms with Crippen LogP contribution in [0.1, 0.15) is 13.3 Å². The molecule has 1 amide bonds. The van der Waals surface area contributed by atoms with Gasteiger partial charge in [0.25, 0.3) is 0 Å². The molecule has 0 saturated carbocycles. The Kier molecular flexibility index (Phi) is 15.3. The summed E-state index contributed by atoms with van der Waals surface area (Å²) >= 11 is 0. The van der Waals surface area contributed by atoms with Crippen molar-refractivity contribution in [3.05, 3.63) is 12.2 Å². The second kappa shape index (κ2) is 16.1. The molecule has 0 rings (SSSR count). The Morgan fingerprint density at radius 1 is 0.950 bits per heavy atom. The van der Waals surface area contributed by atoms with Gasteiger partial charge in [0, 0.05) is 19.8 Å². The summed E-state index contributed by atoms with van der Waals surface area (Å²) in [6.45, 7) is 10.9. The molecule has 0 aromatic rings. The van der Waals surface area contributed by atoms with Crippen LogP contribution in [0.2, 0.25) is 0 Å². The molecule has 0 heterocycles. The van der Waals surface area contributed by atoms with Crippen molar-refractivity contribution in [3.8, 4) is 0 Å².